The summed E-state index contributed by atoms with van der Waals surface area (Å²) in [6.45, 7) is 1.75. The Kier molecular flexibility index (Phi) is 4.54. The van der Waals surface area contributed by atoms with Crippen LogP contribution in [0, 0.1) is 6.92 Å². The van der Waals surface area contributed by atoms with Gasteiger partial charge in [0.05, 0.1) is 0 Å². The maximum absolute atomic E-state index is 12.3. The van der Waals surface area contributed by atoms with Crippen molar-refractivity contribution in [2.24, 2.45) is 0 Å². The summed E-state index contributed by atoms with van der Waals surface area (Å²) in [5.41, 5.74) is 0.295. The van der Waals surface area contributed by atoms with Crippen LogP contribution in [0.15, 0.2) is 22.6 Å². The van der Waals surface area contributed by atoms with Crippen LogP contribution in [0.1, 0.15) is 22.7 Å². The number of carbonyl (C=O) groups is 2. The highest BCUT2D eigenvalue weighted by Crippen LogP contribution is 2.20. The summed E-state index contributed by atoms with van der Waals surface area (Å²) in [5.74, 6) is -1.28. The summed E-state index contributed by atoms with van der Waals surface area (Å²) in [5, 5.41) is 17.1. The Morgan fingerprint density at radius 3 is 2.73 bits per heavy atom. The van der Waals surface area contributed by atoms with Gasteiger partial charge in [-0.25, -0.2) is 13.6 Å². The number of nitrogens with zero attached hydrogens (tertiary/aromatic N) is 1. The molecular formula is C13H13F2N3O4. The molecule has 1 amide bonds. The standard InChI is InChI=1S/C13H13F2N3O4/c1-6-2-3-10(22-6)7-4-8(18-17-7)12(19)16-9(13(20)21)5-11(14)15/h2-4,9,11H,5H2,1H3,(H,16,19)(H,17,18)(H,20,21). The average Bonchev–Trinajstić information content (AvgIpc) is 3.05. The number of aliphatic carboxylic acids is 1. The first kappa shape index (κ1) is 15.7. The Balaban J connectivity index is 2.09. The molecule has 0 aliphatic carbocycles. The number of carboxylic acid groups (broad SMARTS) is 1. The lowest BCUT2D eigenvalue weighted by Crippen LogP contribution is -2.42. The third kappa shape index (κ3) is 3.68. The molecule has 2 aromatic rings. The summed E-state index contributed by atoms with van der Waals surface area (Å²) in [7, 11) is 0. The van der Waals surface area contributed by atoms with Crippen LogP contribution in [-0.2, 0) is 4.79 Å². The Morgan fingerprint density at radius 2 is 2.18 bits per heavy atom. The molecule has 2 aromatic heterocycles. The molecule has 22 heavy (non-hydrogen) atoms. The Bertz CT molecular complexity index is 680. The van der Waals surface area contributed by atoms with E-state index in [9.17, 15) is 18.4 Å². The van der Waals surface area contributed by atoms with Gasteiger partial charge in [-0.3, -0.25) is 9.89 Å². The van der Waals surface area contributed by atoms with Gasteiger partial charge >= 0.3 is 5.97 Å². The molecule has 2 rings (SSSR count). The minimum atomic E-state index is -2.85. The van der Waals surface area contributed by atoms with Crippen LogP contribution in [0.2, 0.25) is 0 Å². The highest BCUT2D eigenvalue weighted by molar-refractivity contribution is 5.95. The van der Waals surface area contributed by atoms with E-state index in [1.807, 2.05) is 5.32 Å². The molecule has 2 heterocycles. The summed E-state index contributed by atoms with van der Waals surface area (Å²) >= 11 is 0. The summed E-state index contributed by atoms with van der Waals surface area (Å²) in [6, 6.07) is 3.05. The maximum atomic E-state index is 12.3. The second-order valence-corrected chi connectivity index (χ2v) is 4.57. The molecule has 0 radical (unpaired) electrons. The molecular weight excluding hydrogens is 300 g/mol. The van der Waals surface area contributed by atoms with Crippen molar-refractivity contribution in [2.45, 2.75) is 25.8 Å². The van der Waals surface area contributed by atoms with Crippen molar-refractivity contribution in [3.05, 3.63) is 29.7 Å². The van der Waals surface area contributed by atoms with Crippen molar-refractivity contribution in [3.63, 3.8) is 0 Å². The number of hydrogen-bond acceptors (Lipinski definition) is 4. The Labute approximate surface area is 123 Å². The monoisotopic (exact) mass is 313 g/mol. The van der Waals surface area contributed by atoms with E-state index in [-0.39, 0.29) is 5.69 Å². The molecule has 0 saturated heterocycles. The number of alkyl halides is 2. The predicted molar refractivity (Wildman–Crippen MR) is 70.5 cm³/mol. The number of nitrogens with one attached hydrogen (secondary N) is 2. The molecule has 3 N–H and O–H groups in total. The number of carbonyl (C=O) groups excluding carboxylic acids is 1. The summed E-state index contributed by atoms with van der Waals surface area (Å²) in [4.78, 5) is 22.7. The number of aromatic amines is 1. The van der Waals surface area contributed by atoms with Crippen LogP contribution in [0.5, 0.6) is 0 Å². The smallest absolute Gasteiger partial charge is 0.326 e. The summed E-state index contributed by atoms with van der Waals surface area (Å²) < 4.78 is 29.9. The van der Waals surface area contributed by atoms with E-state index in [4.69, 9.17) is 9.52 Å². The van der Waals surface area contributed by atoms with E-state index < -0.39 is 30.8 Å². The van der Waals surface area contributed by atoms with Gasteiger partial charge in [0, 0.05) is 12.5 Å². The maximum Gasteiger partial charge on any atom is 0.326 e. The fourth-order valence-corrected chi connectivity index (χ4v) is 1.78. The Hall–Kier alpha value is -2.71. The van der Waals surface area contributed by atoms with Crippen molar-refractivity contribution in [2.75, 3.05) is 0 Å². The second kappa shape index (κ2) is 6.37. The third-order valence-electron chi connectivity index (χ3n) is 2.83. The van der Waals surface area contributed by atoms with Gasteiger partial charge in [0.25, 0.3) is 5.91 Å². The van der Waals surface area contributed by atoms with Crippen LogP contribution in [0.25, 0.3) is 11.5 Å². The van der Waals surface area contributed by atoms with Gasteiger partial charge < -0.3 is 14.8 Å². The number of rotatable bonds is 6. The zero-order valence-electron chi connectivity index (χ0n) is 11.5. The van der Waals surface area contributed by atoms with E-state index in [2.05, 4.69) is 10.2 Å². The number of furan rings is 1. The van der Waals surface area contributed by atoms with Crippen molar-refractivity contribution < 1.29 is 27.9 Å². The molecule has 0 aliphatic heterocycles. The van der Waals surface area contributed by atoms with E-state index in [0.29, 0.717) is 17.2 Å². The van der Waals surface area contributed by atoms with Gasteiger partial charge in [0.15, 0.2) is 11.5 Å². The predicted octanol–water partition coefficient (Wildman–Crippen LogP) is 1.82. The number of hydrogen-bond donors (Lipinski definition) is 3. The van der Waals surface area contributed by atoms with Gasteiger partial charge in [-0.05, 0) is 19.1 Å². The molecule has 0 bridgehead atoms. The molecule has 7 nitrogen and oxygen atoms in total. The van der Waals surface area contributed by atoms with Gasteiger partial charge in [0.1, 0.15) is 17.5 Å². The van der Waals surface area contributed by atoms with Crippen molar-refractivity contribution in [1.82, 2.24) is 15.5 Å². The molecule has 118 valence electrons. The number of carboxylic acids is 1. The molecule has 1 unspecified atom stereocenters. The average molecular weight is 313 g/mol. The van der Waals surface area contributed by atoms with Gasteiger partial charge in [0.2, 0.25) is 6.43 Å². The molecule has 1 atom stereocenters. The van der Waals surface area contributed by atoms with Gasteiger partial charge in [-0.1, -0.05) is 0 Å². The Morgan fingerprint density at radius 1 is 1.45 bits per heavy atom. The quantitative estimate of drug-likeness (QED) is 0.754. The lowest BCUT2D eigenvalue weighted by atomic mass is 10.2. The number of aryl methyl sites for hydroxylation is 1. The zero-order valence-corrected chi connectivity index (χ0v) is 11.5. The van der Waals surface area contributed by atoms with Crippen LogP contribution in [-0.4, -0.2) is 39.6 Å². The largest absolute Gasteiger partial charge is 0.480 e. The van der Waals surface area contributed by atoms with Crippen molar-refractivity contribution in [3.8, 4) is 11.5 Å². The first-order chi connectivity index (χ1) is 10.4. The second-order valence-electron chi connectivity index (χ2n) is 4.57. The fraction of sp³-hybridized carbons (Fsp3) is 0.308. The SMILES string of the molecule is Cc1ccc(-c2cc(C(=O)NC(CC(F)F)C(=O)O)n[nH]2)o1. The fourth-order valence-electron chi connectivity index (χ4n) is 1.78. The third-order valence-corrected chi connectivity index (χ3v) is 2.83. The molecule has 9 heteroatoms. The van der Waals surface area contributed by atoms with Gasteiger partial charge in [-0.2, -0.15) is 5.10 Å². The molecule has 0 saturated carbocycles. The molecule has 0 aromatic carbocycles. The van der Waals surface area contributed by atoms with Crippen LogP contribution in [0.4, 0.5) is 8.78 Å². The number of amides is 1. The van der Waals surface area contributed by atoms with Crippen molar-refractivity contribution in [1.29, 1.82) is 0 Å². The molecule has 0 spiro atoms. The van der Waals surface area contributed by atoms with Crippen molar-refractivity contribution >= 4 is 11.9 Å². The van der Waals surface area contributed by atoms with Crippen LogP contribution in [0.3, 0.4) is 0 Å². The lowest BCUT2D eigenvalue weighted by molar-refractivity contribution is -0.140. The highest BCUT2D eigenvalue weighted by atomic mass is 19.3. The first-order valence-electron chi connectivity index (χ1n) is 6.31. The molecule has 0 fully saturated rings. The number of aromatic nitrogens is 2. The van der Waals surface area contributed by atoms with Gasteiger partial charge in [-0.15, -0.1) is 0 Å². The number of H-pyrrole nitrogens is 1. The summed E-state index contributed by atoms with van der Waals surface area (Å²) in [6.07, 6.45) is -3.82. The molecule has 0 aliphatic rings. The lowest BCUT2D eigenvalue weighted by Gasteiger charge is -2.12. The normalized spacial score (nSPS) is 12.4. The minimum absolute atomic E-state index is 0.121. The van der Waals surface area contributed by atoms with E-state index >= 15 is 0 Å². The van der Waals surface area contributed by atoms with E-state index in [1.54, 1.807) is 19.1 Å². The zero-order chi connectivity index (χ0) is 16.3. The van der Waals surface area contributed by atoms with Crippen LogP contribution < -0.4 is 5.32 Å². The minimum Gasteiger partial charge on any atom is -0.480 e. The topological polar surface area (TPSA) is 108 Å². The highest BCUT2D eigenvalue weighted by Gasteiger charge is 2.25. The van der Waals surface area contributed by atoms with E-state index in [1.165, 1.54) is 6.07 Å². The van der Waals surface area contributed by atoms with Crippen LogP contribution >= 0.6 is 0 Å². The number of halogens is 2. The first-order valence-corrected chi connectivity index (χ1v) is 6.31. The van der Waals surface area contributed by atoms with E-state index in [0.717, 1.165) is 0 Å².